The Hall–Kier alpha value is -0.870. The van der Waals surface area contributed by atoms with Gasteiger partial charge in [-0.15, -0.1) is 0 Å². The molecule has 1 aromatic rings. The Labute approximate surface area is 119 Å². The lowest BCUT2D eigenvalue weighted by Crippen LogP contribution is -2.19. The van der Waals surface area contributed by atoms with Crippen molar-refractivity contribution in [3.05, 3.63) is 16.5 Å². The van der Waals surface area contributed by atoms with Gasteiger partial charge in [0.25, 0.3) is 0 Å². The molecule has 0 N–H and O–H groups in total. The van der Waals surface area contributed by atoms with E-state index in [0.717, 1.165) is 25.2 Å². The van der Waals surface area contributed by atoms with E-state index in [1.54, 1.807) is 0 Å². The molecule has 1 aliphatic heterocycles. The van der Waals surface area contributed by atoms with E-state index in [0.29, 0.717) is 29.4 Å². The fraction of sp³-hybridized carbons (Fsp3) is 0.714. The first kappa shape index (κ1) is 14.5. The van der Waals surface area contributed by atoms with Crippen molar-refractivity contribution in [1.82, 2.24) is 9.97 Å². The van der Waals surface area contributed by atoms with Crippen LogP contribution in [0.15, 0.2) is 0 Å². The van der Waals surface area contributed by atoms with Crippen LogP contribution in [0.25, 0.3) is 0 Å². The molecule has 0 radical (unpaired) electrons. The molecule has 0 spiro atoms. The van der Waals surface area contributed by atoms with Crippen molar-refractivity contribution in [3.63, 3.8) is 0 Å². The summed E-state index contributed by atoms with van der Waals surface area (Å²) >= 11 is 6.16. The number of hydrogen-bond donors (Lipinski definition) is 0. The van der Waals surface area contributed by atoms with Crippen LogP contribution in [0, 0.1) is 12.8 Å². The summed E-state index contributed by atoms with van der Waals surface area (Å²) in [5, 5.41) is 0.470. The lowest BCUT2D eigenvalue weighted by molar-refractivity contribution is 0.165. The molecule has 1 saturated heterocycles. The van der Waals surface area contributed by atoms with Gasteiger partial charge in [0.1, 0.15) is 11.0 Å². The van der Waals surface area contributed by atoms with E-state index in [1.165, 1.54) is 0 Å². The monoisotopic (exact) mass is 284 g/mol. The van der Waals surface area contributed by atoms with E-state index in [4.69, 9.17) is 21.1 Å². The van der Waals surface area contributed by atoms with Crippen LogP contribution in [0.1, 0.15) is 38.6 Å². The van der Waals surface area contributed by atoms with E-state index in [2.05, 4.69) is 30.7 Å². The second-order valence-corrected chi connectivity index (χ2v) is 6.42. The standard InChI is InChI=1S/C14H21ClN2O2/c1-9-11(15)16-13(14(2,3)4)17-12(9)19-8-10-5-6-18-7-10/h10H,5-8H2,1-4H3. The van der Waals surface area contributed by atoms with E-state index in [-0.39, 0.29) is 5.41 Å². The van der Waals surface area contributed by atoms with Crippen LogP contribution < -0.4 is 4.74 Å². The maximum Gasteiger partial charge on any atom is 0.221 e. The van der Waals surface area contributed by atoms with Crippen molar-refractivity contribution in [2.24, 2.45) is 5.92 Å². The molecule has 1 fully saturated rings. The van der Waals surface area contributed by atoms with Crippen molar-refractivity contribution in [3.8, 4) is 5.88 Å². The summed E-state index contributed by atoms with van der Waals surface area (Å²) in [5.74, 6) is 1.75. The van der Waals surface area contributed by atoms with Crippen LogP contribution in [-0.2, 0) is 10.2 Å². The highest BCUT2D eigenvalue weighted by Gasteiger charge is 2.22. The highest BCUT2D eigenvalue weighted by atomic mass is 35.5. The smallest absolute Gasteiger partial charge is 0.221 e. The summed E-state index contributed by atoms with van der Waals surface area (Å²) in [5.41, 5.74) is 0.653. The van der Waals surface area contributed by atoms with Gasteiger partial charge in [-0.25, -0.2) is 4.98 Å². The lowest BCUT2D eigenvalue weighted by Gasteiger charge is -2.19. The zero-order valence-corrected chi connectivity index (χ0v) is 12.8. The average molecular weight is 285 g/mol. The van der Waals surface area contributed by atoms with Gasteiger partial charge >= 0.3 is 0 Å². The predicted molar refractivity (Wildman–Crippen MR) is 74.9 cm³/mol. The largest absolute Gasteiger partial charge is 0.477 e. The van der Waals surface area contributed by atoms with Gasteiger partial charge < -0.3 is 9.47 Å². The molecule has 5 heteroatoms. The van der Waals surface area contributed by atoms with Gasteiger partial charge in [-0.05, 0) is 13.3 Å². The van der Waals surface area contributed by atoms with Crippen LogP contribution in [0.2, 0.25) is 5.15 Å². The zero-order valence-electron chi connectivity index (χ0n) is 12.0. The van der Waals surface area contributed by atoms with Crippen LogP contribution in [0.5, 0.6) is 5.88 Å². The Morgan fingerprint density at radius 2 is 2.11 bits per heavy atom. The van der Waals surface area contributed by atoms with Crippen molar-refractivity contribution < 1.29 is 9.47 Å². The molecule has 1 atom stereocenters. The fourth-order valence-electron chi connectivity index (χ4n) is 1.86. The van der Waals surface area contributed by atoms with Gasteiger partial charge in [0.05, 0.1) is 13.2 Å². The third-order valence-electron chi connectivity index (χ3n) is 3.19. The molecule has 0 bridgehead atoms. The molecule has 1 aromatic heterocycles. The molecule has 19 heavy (non-hydrogen) atoms. The Morgan fingerprint density at radius 3 is 2.68 bits per heavy atom. The SMILES string of the molecule is Cc1c(Cl)nc(C(C)(C)C)nc1OCC1CCOC1. The minimum Gasteiger partial charge on any atom is -0.477 e. The summed E-state index contributed by atoms with van der Waals surface area (Å²) < 4.78 is 11.2. The third-order valence-corrected chi connectivity index (χ3v) is 3.56. The maximum absolute atomic E-state index is 6.16. The van der Waals surface area contributed by atoms with Gasteiger partial charge in [-0.1, -0.05) is 32.4 Å². The third kappa shape index (κ3) is 3.57. The molecule has 0 saturated carbocycles. The number of rotatable bonds is 3. The number of nitrogens with zero attached hydrogens (tertiary/aromatic N) is 2. The average Bonchev–Trinajstić information content (AvgIpc) is 2.82. The molecule has 0 aliphatic carbocycles. The topological polar surface area (TPSA) is 44.2 Å². The van der Waals surface area contributed by atoms with Gasteiger partial charge in [-0.3, -0.25) is 0 Å². The molecule has 0 aromatic carbocycles. The summed E-state index contributed by atoms with van der Waals surface area (Å²) in [4.78, 5) is 8.84. The maximum atomic E-state index is 6.16. The highest BCUT2D eigenvalue weighted by Crippen LogP contribution is 2.28. The number of halogens is 1. The molecular formula is C14H21ClN2O2. The molecule has 106 valence electrons. The molecule has 4 nitrogen and oxygen atoms in total. The first-order valence-corrected chi connectivity index (χ1v) is 7.01. The van der Waals surface area contributed by atoms with Gasteiger partial charge in [0, 0.05) is 23.5 Å². The van der Waals surface area contributed by atoms with Crippen molar-refractivity contribution in [2.45, 2.75) is 39.5 Å². The summed E-state index contributed by atoms with van der Waals surface area (Å²) in [6.07, 6.45) is 1.05. The summed E-state index contributed by atoms with van der Waals surface area (Å²) in [6.45, 7) is 10.3. The molecule has 1 aliphatic rings. The normalized spacial score (nSPS) is 19.7. The molecule has 1 unspecified atom stereocenters. The second-order valence-electron chi connectivity index (χ2n) is 6.06. The molecule has 0 amide bonds. The van der Waals surface area contributed by atoms with E-state index < -0.39 is 0 Å². The molecule has 2 heterocycles. The minimum absolute atomic E-state index is 0.147. The minimum atomic E-state index is -0.147. The highest BCUT2D eigenvalue weighted by molar-refractivity contribution is 6.30. The first-order chi connectivity index (χ1) is 8.88. The van der Waals surface area contributed by atoms with Crippen molar-refractivity contribution in [2.75, 3.05) is 19.8 Å². The van der Waals surface area contributed by atoms with E-state index >= 15 is 0 Å². The first-order valence-electron chi connectivity index (χ1n) is 6.63. The quantitative estimate of drug-likeness (QED) is 0.800. The summed E-state index contributed by atoms with van der Waals surface area (Å²) in [6, 6.07) is 0. The fourth-order valence-corrected chi connectivity index (χ4v) is 2.02. The lowest BCUT2D eigenvalue weighted by atomic mass is 9.96. The molecule has 2 rings (SSSR count). The van der Waals surface area contributed by atoms with Crippen LogP contribution in [0.4, 0.5) is 0 Å². The predicted octanol–water partition coefficient (Wildman–Crippen LogP) is 3.15. The number of ether oxygens (including phenoxy) is 2. The number of aromatic nitrogens is 2. The van der Waals surface area contributed by atoms with Gasteiger partial charge in [-0.2, -0.15) is 4.98 Å². The summed E-state index contributed by atoms with van der Waals surface area (Å²) in [7, 11) is 0. The Kier molecular flexibility index (Phi) is 4.31. The Morgan fingerprint density at radius 1 is 1.37 bits per heavy atom. The van der Waals surface area contributed by atoms with E-state index in [1.807, 2.05) is 6.92 Å². The van der Waals surface area contributed by atoms with Crippen molar-refractivity contribution in [1.29, 1.82) is 0 Å². The van der Waals surface area contributed by atoms with Crippen LogP contribution in [-0.4, -0.2) is 29.8 Å². The van der Waals surface area contributed by atoms with Crippen LogP contribution in [0.3, 0.4) is 0 Å². The van der Waals surface area contributed by atoms with Crippen LogP contribution >= 0.6 is 11.6 Å². The van der Waals surface area contributed by atoms with Gasteiger partial charge in [0.15, 0.2) is 0 Å². The second kappa shape index (κ2) is 5.63. The van der Waals surface area contributed by atoms with Gasteiger partial charge in [0.2, 0.25) is 5.88 Å². The van der Waals surface area contributed by atoms with E-state index in [9.17, 15) is 0 Å². The number of hydrogen-bond acceptors (Lipinski definition) is 4. The molecular weight excluding hydrogens is 264 g/mol. The zero-order chi connectivity index (χ0) is 14.0. The van der Waals surface area contributed by atoms with Crippen molar-refractivity contribution >= 4 is 11.6 Å². The Balaban J connectivity index is 2.16. The Bertz CT molecular complexity index is 451.